The number of hydrogen-bond acceptors (Lipinski definition) is 5. The highest BCUT2D eigenvalue weighted by Crippen LogP contribution is 2.22. The van der Waals surface area contributed by atoms with E-state index in [-0.39, 0.29) is 29.2 Å². The fourth-order valence-corrected chi connectivity index (χ4v) is 4.32. The molecule has 0 saturated carbocycles. The minimum atomic E-state index is -3.03. The van der Waals surface area contributed by atoms with Crippen LogP contribution in [0, 0.1) is 0 Å². The van der Waals surface area contributed by atoms with E-state index in [0.717, 1.165) is 5.56 Å². The first-order valence-electron chi connectivity index (χ1n) is 6.96. The lowest BCUT2D eigenvalue weighted by molar-refractivity contribution is 0.0705. The number of hydrogen-bond donors (Lipinski definition) is 0. The molecule has 2 aromatic rings. The summed E-state index contributed by atoms with van der Waals surface area (Å²) >= 11 is 0. The normalized spacial score (nSPS) is 20.0. The smallest absolute Gasteiger partial charge is 0.292 e. The van der Waals surface area contributed by atoms with Gasteiger partial charge in [0.1, 0.15) is 5.69 Å². The summed E-state index contributed by atoms with van der Waals surface area (Å²) in [7, 11) is -1.44. The largest absolute Gasteiger partial charge is 0.350 e. The van der Waals surface area contributed by atoms with E-state index in [1.807, 2.05) is 30.3 Å². The molecular weight excluding hydrogens is 304 g/mol. The number of sulfone groups is 1. The lowest BCUT2D eigenvalue weighted by Crippen LogP contribution is -2.37. The Morgan fingerprint density at radius 3 is 2.68 bits per heavy atom. The van der Waals surface area contributed by atoms with Crippen LogP contribution in [0.1, 0.15) is 17.0 Å². The van der Waals surface area contributed by atoms with Gasteiger partial charge in [-0.15, -0.1) is 0 Å². The Bertz CT molecular complexity index is 783. The summed E-state index contributed by atoms with van der Waals surface area (Å²) in [5, 5.41) is 3.90. The molecule has 1 saturated heterocycles. The summed E-state index contributed by atoms with van der Waals surface area (Å²) in [6.45, 7) is 0. The number of carbonyl (C=O) groups is 1. The maximum Gasteiger partial charge on any atom is 0.292 e. The fourth-order valence-electron chi connectivity index (χ4n) is 2.54. The molecule has 1 fully saturated rings. The van der Waals surface area contributed by atoms with Gasteiger partial charge < -0.3 is 9.42 Å². The van der Waals surface area contributed by atoms with Gasteiger partial charge in [0.25, 0.3) is 5.91 Å². The molecule has 0 aliphatic carbocycles. The first-order chi connectivity index (χ1) is 10.5. The van der Waals surface area contributed by atoms with Gasteiger partial charge in [-0.2, -0.15) is 0 Å². The SMILES string of the molecule is CN(C(=O)c1cc(-c2ccccc2)no1)C1CCS(=O)(=O)C1. The molecule has 116 valence electrons. The molecule has 1 amide bonds. The van der Waals surface area contributed by atoms with Crippen LogP contribution in [-0.4, -0.2) is 49.0 Å². The molecule has 1 aliphatic heterocycles. The summed E-state index contributed by atoms with van der Waals surface area (Å²) in [6.07, 6.45) is 0.463. The number of carbonyl (C=O) groups excluding carboxylic acids is 1. The zero-order chi connectivity index (χ0) is 15.7. The maximum absolute atomic E-state index is 12.4. The van der Waals surface area contributed by atoms with E-state index in [1.165, 1.54) is 4.90 Å². The molecule has 6 nitrogen and oxygen atoms in total. The number of aromatic nitrogens is 1. The second-order valence-corrected chi connectivity index (χ2v) is 7.64. The lowest BCUT2D eigenvalue weighted by atomic mass is 10.1. The quantitative estimate of drug-likeness (QED) is 0.858. The Morgan fingerprint density at radius 1 is 1.32 bits per heavy atom. The van der Waals surface area contributed by atoms with Crippen molar-refractivity contribution in [2.45, 2.75) is 12.5 Å². The van der Waals surface area contributed by atoms with E-state index in [2.05, 4.69) is 5.16 Å². The molecular formula is C15H16N2O4S. The summed E-state index contributed by atoms with van der Waals surface area (Å²) in [5.41, 5.74) is 1.44. The van der Waals surface area contributed by atoms with Crippen molar-refractivity contribution in [2.24, 2.45) is 0 Å². The summed E-state index contributed by atoms with van der Waals surface area (Å²) in [6, 6.07) is 10.7. The summed E-state index contributed by atoms with van der Waals surface area (Å²) < 4.78 is 28.2. The predicted octanol–water partition coefficient (Wildman–Crippen LogP) is 1.60. The van der Waals surface area contributed by atoms with Crippen LogP contribution in [0.4, 0.5) is 0 Å². The predicted molar refractivity (Wildman–Crippen MR) is 81.1 cm³/mol. The fraction of sp³-hybridized carbons (Fsp3) is 0.333. The van der Waals surface area contributed by atoms with Crippen molar-refractivity contribution in [1.29, 1.82) is 0 Å². The molecule has 7 heteroatoms. The van der Waals surface area contributed by atoms with E-state index >= 15 is 0 Å². The molecule has 0 radical (unpaired) electrons. The molecule has 3 rings (SSSR count). The third kappa shape index (κ3) is 2.89. The first-order valence-corrected chi connectivity index (χ1v) is 8.78. The standard InChI is InChI=1S/C15H16N2O4S/c1-17(12-7-8-22(19,20)10-12)15(18)14-9-13(16-21-14)11-5-3-2-4-6-11/h2-6,9,12H,7-8,10H2,1H3. The summed E-state index contributed by atoms with van der Waals surface area (Å²) in [4.78, 5) is 13.8. The van der Waals surface area contributed by atoms with Gasteiger partial charge in [-0.3, -0.25) is 4.79 Å². The van der Waals surface area contributed by atoms with Gasteiger partial charge in [0.2, 0.25) is 5.76 Å². The van der Waals surface area contributed by atoms with E-state index in [0.29, 0.717) is 12.1 Å². The van der Waals surface area contributed by atoms with Gasteiger partial charge in [0.05, 0.1) is 11.5 Å². The Balaban J connectivity index is 1.77. The first kappa shape index (κ1) is 14.8. The van der Waals surface area contributed by atoms with Crippen molar-refractivity contribution >= 4 is 15.7 Å². The van der Waals surface area contributed by atoms with Crippen molar-refractivity contribution in [3.63, 3.8) is 0 Å². The highest BCUT2D eigenvalue weighted by atomic mass is 32.2. The molecule has 0 spiro atoms. The van der Waals surface area contributed by atoms with Crippen LogP contribution in [0.25, 0.3) is 11.3 Å². The van der Waals surface area contributed by atoms with Crippen LogP contribution in [0.15, 0.2) is 40.9 Å². The minimum Gasteiger partial charge on any atom is -0.350 e. The molecule has 22 heavy (non-hydrogen) atoms. The molecule has 0 N–H and O–H groups in total. The van der Waals surface area contributed by atoms with Gasteiger partial charge in [0.15, 0.2) is 9.84 Å². The average Bonchev–Trinajstić information content (AvgIpc) is 3.13. The van der Waals surface area contributed by atoms with E-state index < -0.39 is 9.84 Å². The zero-order valence-electron chi connectivity index (χ0n) is 12.1. The van der Waals surface area contributed by atoms with Crippen LogP contribution in [-0.2, 0) is 9.84 Å². The monoisotopic (exact) mass is 320 g/mol. The van der Waals surface area contributed by atoms with Crippen LogP contribution in [0.2, 0.25) is 0 Å². The van der Waals surface area contributed by atoms with Crippen molar-refractivity contribution in [1.82, 2.24) is 10.1 Å². The molecule has 0 bridgehead atoms. The lowest BCUT2D eigenvalue weighted by Gasteiger charge is -2.21. The highest BCUT2D eigenvalue weighted by molar-refractivity contribution is 7.91. The summed E-state index contributed by atoms with van der Waals surface area (Å²) in [5.74, 6) is -0.0991. The van der Waals surface area contributed by atoms with Crippen molar-refractivity contribution in [2.75, 3.05) is 18.6 Å². The number of amides is 1. The van der Waals surface area contributed by atoms with Crippen molar-refractivity contribution < 1.29 is 17.7 Å². The molecule has 1 atom stereocenters. The third-order valence-corrected chi connectivity index (χ3v) is 5.62. The second-order valence-electron chi connectivity index (χ2n) is 5.42. The molecule has 1 aromatic carbocycles. The van der Waals surface area contributed by atoms with Crippen molar-refractivity contribution in [3.8, 4) is 11.3 Å². The number of rotatable bonds is 3. The van der Waals surface area contributed by atoms with Gasteiger partial charge >= 0.3 is 0 Å². The van der Waals surface area contributed by atoms with Crippen LogP contribution in [0.3, 0.4) is 0 Å². The van der Waals surface area contributed by atoms with Crippen LogP contribution >= 0.6 is 0 Å². The molecule has 1 unspecified atom stereocenters. The Morgan fingerprint density at radius 2 is 2.05 bits per heavy atom. The van der Waals surface area contributed by atoms with Crippen molar-refractivity contribution in [3.05, 3.63) is 42.2 Å². The van der Waals surface area contributed by atoms with Gasteiger partial charge in [-0.05, 0) is 6.42 Å². The number of nitrogens with zero attached hydrogens (tertiary/aromatic N) is 2. The van der Waals surface area contributed by atoms with Gasteiger partial charge in [0, 0.05) is 24.7 Å². The van der Waals surface area contributed by atoms with E-state index in [9.17, 15) is 13.2 Å². The second kappa shape index (κ2) is 5.57. The van der Waals surface area contributed by atoms with Crippen LogP contribution in [0.5, 0.6) is 0 Å². The maximum atomic E-state index is 12.4. The molecule has 2 heterocycles. The van der Waals surface area contributed by atoms with E-state index in [4.69, 9.17) is 4.52 Å². The van der Waals surface area contributed by atoms with Gasteiger partial charge in [-0.1, -0.05) is 35.5 Å². The molecule has 1 aromatic heterocycles. The molecule has 1 aliphatic rings. The average molecular weight is 320 g/mol. The van der Waals surface area contributed by atoms with Gasteiger partial charge in [-0.25, -0.2) is 8.42 Å². The Hall–Kier alpha value is -2.15. The zero-order valence-corrected chi connectivity index (χ0v) is 12.9. The number of benzene rings is 1. The van der Waals surface area contributed by atoms with Crippen LogP contribution < -0.4 is 0 Å². The third-order valence-electron chi connectivity index (χ3n) is 3.87. The highest BCUT2D eigenvalue weighted by Gasteiger charge is 2.34. The minimum absolute atomic E-state index is 0.00885. The Kier molecular flexibility index (Phi) is 3.74. The van der Waals surface area contributed by atoms with E-state index in [1.54, 1.807) is 13.1 Å². The Labute approximate surface area is 128 Å². The topological polar surface area (TPSA) is 80.5 Å².